The van der Waals surface area contributed by atoms with Gasteiger partial charge in [0.2, 0.25) is 0 Å². The molecule has 0 unspecified atom stereocenters. The molecule has 54 valence electrons. The van der Waals surface area contributed by atoms with E-state index in [1.165, 1.54) is 0 Å². The normalized spacial score (nSPS) is 7.56. The van der Waals surface area contributed by atoms with Crippen LogP contribution >= 0.6 is 33.2 Å². The van der Waals surface area contributed by atoms with Crippen molar-refractivity contribution >= 4 is 45.9 Å². The van der Waals surface area contributed by atoms with Gasteiger partial charge in [-0.3, -0.25) is 0 Å². The van der Waals surface area contributed by atoms with E-state index in [-0.39, 0.29) is 0 Å². The summed E-state index contributed by atoms with van der Waals surface area (Å²) < 4.78 is 0. The van der Waals surface area contributed by atoms with Gasteiger partial charge in [0.1, 0.15) is 0 Å². The maximum absolute atomic E-state index is 9.25. The van der Waals surface area contributed by atoms with Crippen LogP contribution in [0.25, 0.3) is 0 Å². The number of carbonyl (C=O) groups is 1. The van der Waals surface area contributed by atoms with Crippen LogP contribution in [0.15, 0.2) is 12.7 Å². The average molecular weight is 208 g/mol. The number of carboxylic acid groups (broad SMARTS) is 1. The Balaban J connectivity index is 0. The third-order valence-corrected chi connectivity index (χ3v) is 0.175. The molecule has 0 spiro atoms. The largest absolute Gasteiger partial charge is 0.478 e. The van der Waals surface area contributed by atoms with Crippen molar-refractivity contribution in [2.75, 3.05) is 0 Å². The van der Waals surface area contributed by atoms with E-state index in [4.69, 9.17) is 38.3 Å². The second-order valence-corrected chi connectivity index (χ2v) is 7.22. The topological polar surface area (TPSA) is 37.3 Å². The second-order valence-electron chi connectivity index (χ2n) is 0.790. The van der Waals surface area contributed by atoms with Crippen LogP contribution in [0.2, 0.25) is 0 Å². The first-order valence-corrected chi connectivity index (χ1v) is 7.02. The molecular formula is C3H5Cl3O2Si. The molecule has 0 aromatic carbocycles. The van der Waals surface area contributed by atoms with Crippen LogP contribution in [-0.2, 0) is 4.79 Å². The van der Waals surface area contributed by atoms with Crippen LogP contribution in [0.5, 0.6) is 0 Å². The molecule has 0 fully saturated rings. The zero-order valence-corrected chi connectivity index (χ0v) is 7.77. The van der Waals surface area contributed by atoms with Crippen molar-refractivity contribution in [3.05, 3.63) is 12.7 Å². The molecule has 0 aromatic heterocycles. The van der Waals surface area contributed by atoms with Crippen LogP contribution in [0.1, 0.15) is 0 Å². The Morgan fingerprint density at radius 1 is 1.56 bits per heavy atom. The van der Waals surface area contributed by atoms with E-state index < -0.39 is 12.7 Å². The predicted octanol–water partition coefficient (Wildman–Crippen LogP) is 1.68. The first kappa shape index (κ1) is 12.0. The zero-order valence-electron chi connectivity index (χ0n) is 4.35. The van der Waals surface area contributed by atoms with Crippen molar-refractivity contribution in [2.45, 2.75) is 0 Å². The van der Waals surface area contributed by atoms with Gasteiger partial charge in [-0.05, 0) is 0 Å². The van der Waals surface area contributed by atoms with Gasteiger partial charge in [-0.25, -0.2) is 4.79 Å². The number of aliphatic carboxylic acids is 1. The lowest BCUT2D eigenvalue weighted by molar-refractivity contribution is -0.131. The van der Waals surface area contributed by atoms with Crippen molar-refractivity contribution in [3.63, 3.8) is 0 Å². The van der Waals surface area contributed by atoms with Gasteiger partial charge < -0.3 is 5.11 Å². The fourth-order valence-corrected chi connectivity index (χ4v) is 0. The Morgan fingerprint density at radius 3 is 1.67 bits per heavy atom. The summed E-state index contributed by atoms with van der Waals surface area (Å²) in [7, 11) is 0. The van der Waals surface area contributed by atoms with E-state index in [1.807, 2.05) is 0 Å². The van der Waals surface area contributed by atoms with E-state index >= 15 is 0 Å². The van der Waals surface area contributed by atoms with Crippen LogP contribution in [0.3, 0.4) is 0 Å². The standard InChI is InChI=1S/C3H4O2.Cl3HSi/c1-2-3(4)5;1-4(2)3/h2H,1H2,(H,4,5);4H. The first-order valence-electron chi connectivity index (χ1n) is 1.78. The molecule has 0 aliphatic rings. The van der Waals surface area contributed by atoms with E-state index in [9.17, 15) is 4.79 Å². The van der Waals surface area contributed by atoms with Gasteiger partial charge in [-0.2, -0.15) is 0 Å². The molecule has 0 aliphatic heterocycles. The molecule has 0 saturated heterocycles. The van der Waals surface area contributed by atoms with Crippen LogP contribution in [0.4, 0.5) is 0 Å². The minimum absolute atomic E-state index is 0.833. The van der Waals surface area contributed by atoms with Crippen LogP contribution in [-0.4, -0.2) is 17.8 Å². The highest BCUT2D eigenvalue weighted by molar-refractivity contribution is 7.54. The molecule has 2 nitrogen and oxygen atoms in total. The Bertz CT molecular complexity index is 92.3. The molecule has 1 N–H and O–H groups in total. The van der Waals surface area contributed by atoms with Crippen LogP contribution < -0.4 is 0 Å². The van der Waals surface area contributed by atoms with Gasteiger partial charge >= 0.3 is 12.7 Å². The molecule has 0 aromatic rings. The summed E-state index contributed by atoms with van der Waals surface area (Å²) in [5.74, 6) is -0.981. The summed E-state index contributed by atoms with van der Waals surface area (Å²) in [4.78, 5) is 9.25. The minimum Gasteiger partial charge on any atom is -0.478 e. The number of halogens is 3. The van der Waals surface area contributed by atoms with E-state index in [2.05, 4.69) is 6.58 Å². The molecule has 0 heterocycles. The zero-order chi connectivity index (χ0) is 7.86. The smallest absolute Gasteiger partial charge is 0.327 e. The molecule has 0 bridgehead atoms. The molecule has 0 amide bonds. The molecule has 0 radical (unpaired) electrons. The highest BCUT2D eigenvalue weighted by atomic mass is 35.8. The van der Waals surface area contributed by atoms with Gasteiger partial charge in [0, 0.05) is 6.08 Å². The lowest BCUT2D eigenvalue weighted by Crippen LogP contribution is -1.82. The highest BCUT2D eigenvalue weighted by Gasteiger charge is 1.85. The summed E-state index contributed by atoms with van der Waals surface area (Å²) in [6.07, 6.45) is 0.833. The third kappa shape index (κ3) is 62.4. The lowest BCUT2D eigenvalue weighted by atomic mass is 10.7. The van der Waals surface area contributed by atoms with Gasteiger partial charge in [-0.1, -0.05) is 6.58 Å². The quantitative estimate of drug-likeness (QED) is 0.404. The van der Waals surface area contributed by atoms with E-state index in [0.29, 0.717) is 0 Å². The van der Waals surface area contributed by atoms with Gasteiger partial charge in [0.25, 0.3) is 0 Å². The van der Waals surface area contributed by atoms with E-state index in [1.54, 1.807) is 0 Å². The molecule has 9 heavy (non-hydrogen) atoms. The molecule has 0 saturated carbocycles. The first-order chi connectivity index (χ1) is 4.00. The Labute approximate surface area is 68.7 Å². The maximum atomic E-state index is 9.25. The van der Waals surface area contributed by atoms with Crippen molar-refractivity contribution in [2.24, 2.45) is 0 Å². The second kappa shape index (κ2) is 8.30. The Kier molecular flexibility index (Phi) is 11.1. The molecule has 0 atom stereocenters. The number of rotatable bonds is 1. The van der Waals surface area contributed by atoms with Gasteiger partial charge in [0.15, 0.2) is 0 Å². The summed E-state index contributed by atoms with van der Waals surface area (Å²) in [5.41, 5.74) is 0. The van der Waals surface area contributed by atoms with Crippen molar-refractivity contribution < 1.29 is 9.90 Å². The van der Waals surface area contributed by atoms with Gasteiger partial charge in [-0.15, -0.1) is 33.2 Å². The van der Waals surface area contributed by atoms with Crippen LogP contribution in [0, 0.1) is 0 Å². The average Bonchev–Trinajstić information content (AvgIpc) is 1.65. The summed E-state index contributed by atoms with van der Waals surface area (Å²) >= 11 is 14.8. The predicted molar refractivity (Wildman–Crippen MR) is 42.5 cm³/mol. The SMILES string of the molecule is C=CC(=O)O.Cl[SiH](Cl)Cl. The maximum Gasteiger partial charge on any atom is 0.327 e. The highest BCUT2D eigenvalue weighted by Crippen LogP contribution is 1.97. The summed E-state index contributed by atoms with van der Waals surface area (Å²) in [5, 5.41) is 7.60. The van der Waals surface area contributed by atoms with Gasteiger partial charge in [0.05, 0.1) is 0 Å². The molecule has 0 aliphatic carbocycles. The summed E-state index contributed by atoms with van der Waals surface area (Å²) in [6.45, 7) is 1.24. The van der Waals surface area contributed by atoms with Crippen molar-refractivity contribution in [1.82, 2.24) is 0 Å². The Morgan fingerprint density at radius 2 is 1.67 bits per heavy atom. The van der Waals surface area contributed by atoms with Crippen molar-refractivity contribution in [3.8, 4) is 0 Å². The number of hydrogen-bond acceptors (Lipinski definition) is 1. The number of hydrogen-bond donors (Lipinski definition) is 1. The minimum atomic E-state index is -1.72. The molecule has 0 rings (SSSR count). The lowest BCUT2D eigenvalue weighted by Gasteiger charge is -1.65. The Hall–Kier alpha value is 0.297. The third-order valence-electron chi connectivity index (χ3n) is 0.175. The number of carboxylic acids is 1. The van der Waals surface area contributed by atoms with E-state index in [0.717, 1.165) is 6.08 Å². The molecular weight excluding hydrogens is 202 g/mol. The summed E-state index contributed by atoms with van der Waals surface area (Å²) in [6, 6.07) is 0. The van der Waals surface area contributed by atoms with Crippen molar-refractivity contribution in [1.29, 1.82) is 0 Å². The monoisotopic (exact) mass is 206 g/mol. The molecule has 6 heteroatoms. The fourth-order valence-electron chi connectivity index (χ4n) is 0. The fraction of sp³-hybridized carbons (Fsp3) is 0.